The van der Waals surface area contributed by atoms with E-state index in [-0.39, 0.29) is 35.9 Å². The molecule has 1 fully saturated rings. The Morgan fingerprint density at radius 2 is 1.92 bits per heavy atom. The van der Waals surface area contributed by atoms with Crippen LogP contribution in [0.25, 0.3) is 11.1 Å². The van der Waals surface area contributed by atoms with Crippen molar-refractivity contribution in [1.29, 1.82) is 0 Å². The predicted molar refractivity (Wildman–Crippen MR) is 139 cm³/mol. The smallest absolute Gasteiger partial charge is 0.237 e. The van der Waals surface area contributed by atoms with Crippen molar-refractivity contribution in [2.75, 3.05) is 6.54 Å². The highest BCUT2D eigenvalue weighted by Gasteiger charge is 2.31. The zero-order valence-corrected chi connectivity index (χ0v) is 21.3. The minimum atomic E-state index is -0.935. The first-order chi connectivity index (χ1) is 17.4. The van der Waals surface area contributed by atoms with Gasteiger partial charge in [0, 0.05) is 30.9 Å². The molecule has 2 aromatic carbocycles. The average Bonchev–Trinajstić information content (AvgIpc) is 3.55. The Morgan fingerprint density at radius 3 is 2.56 bits per heavy atom. The second-order valence-electron chi connectivity index (χ2n) is 9.78. The Morgan fingerprint density at radius 1 is 1.17 bits per heavy atom. The van der Waals surface area contributed by atoms with Crippen LogP contribution in [0.2, 0.25) is 0 Å². The molecule has 0 aliphatic carbocycles. The number of rotatable bonds is 10. The Balaban J connectivity index is 1.69. The second-order valence-corrected chi connectivity index (χ2v) is 9.78. The number of ketones is 1. The maximum atomic E-state index is 16.0. The molecule has 0 bridgehead atoms. The number of nitrogens with one attached hydrogen (secondary N) is 2. The molecule has 36 heavy (non-hydrogen) atoms. The fourth-order valence-corrected chi connectivity index (χ4v) is 4.88. The quantitative estimate of drug-likeness (QED) is 0.416. The van der Waals surface area contributed by atoms with Gasteiger partial charge < -0.3 is 15.2 Å². The largest absolute Gasteiger partial charge is 0.341 e. The van der Waals surface area contributed by atoms with Gasteiger partial charge in [-0.25, -0.2) is 9.37 Å². The maximum absolute atomic E-state index is 16.0. The number of aryl methyl sites for hydroxylation is 2. The number of carbonyl (C=O) groups excluding carboxylic acids is 2. The number of nitrogens with zero attached hydrogens (tertiary/aromatic N) is 2. The number of hydrogen-bond acceptors (Lipinski definition) is 4. The van der Waals surface area contributed by atoms with E-state index in [1.54, 1.807) is 12.3 Å². The van der Waals surface area contributed by atoms with E-state index < -0.39 is 6.04 Å². The van der Waals surface area contributed by atoms with E-state index in [0.29, 0.717) is 35.2 Å². The molecule has 2 N–H and O–H groups in total. The van der Waals surface area contributed by atoms with Crippen molar-refractivity contribution >= 4 is 11.7 Å². The van der Waals surface area contributed by atoms with Gasteiger partial charge in [0.2, 0.25) is 5.91 Å². The molecule has 6 nitrogen and oxygen atoms in total. The number of amides is 1. The van der Waals surface area contributed by atoms with E-state index in [4.69, 9.17) is 0 Å². The van der Waals surface area contributed by atoms with E-state index in [2.05, 4.69) is 15.6 Å². The molecule has 0 spiro atoms. The van der Waals surface area contributed by atoms with Gasteiger partial charge >= 0.3 is 0 Å². The van der Waals surface area contributed by atoms with Crippen LogP contribution in [0.3, 0.4) is 0 Å². The first kappa shape index (κ1) is 25.8. The van der Waals surface area contributed by atoms with Gasteiger partial charge in [-0.2, -0.15) is 0 Å². The minimum Gasteiger partial charge on any atom is -0.341 e. The molecule has 1 aromatic heterocycles. The molecule has 2 atom stereocenters. The lowest BCUT2D eigenvalue weighted by Crippen LogP contribution is -2.44. The van der Waals surface area contributed by atoms with E-state index in [1.807, 2.05) is 67.9 Å². The monoisotopic (exact) mass is 490 g/mol. The van der Waals surface area contributed by atoms with Crippen molar-refractivity contribution in [3.8, 4) is 11.1 Å². The molecule has 2 unspecified atom stereocenters. The van der Waals surface area contributed by atoms with Crippen molar-refractivity contribution in [1.82, 2.24) is 20.2 Å². The summed E-state index contributed by atoms with van der Waals surface area (Å²) in [5.74, 6) is 0.175. The lowest BCUT2D eigenvalue weighted by atomic mass is 9.87. The van der Waals surface area contributed by atoms with Crippen LogP contribution in [0.15, 0.2) is 54.9 Å². The first-order valence-electron chi connectivity index (χ1n) is 12.8. The Kier molecular flexibility index (Phi) is 8.31. The average molecular weight is 491 g/mol. The molecule has 2 heterocycles. The molecule has 0 saturated carbocycles. The fourth-order valence-electron chi connectivity index (χ4n) is 4.88. The first-order valence-corrected chi connectivity index (χ1v) is 12.8. The number of hydrogen-bond donors (Lipinski definition) is 2. The summed E-state index contributed by atoms with van der Waals surface area (Å²) in [6.07, 6.45) is 6.10. The van der Waals surface area contributed by atoms with Crippen LogP contribution in [-0.2, 0) is 16.1 Å². The molecule has 1 amide bonds. The topological polar surface area (TPSA) is 76.0 Å². The SMILES string of the molecule is Cc1nccn1CCCC(=O)C(NC(=O)C1CCCN1)c1ccc(C(C)C)c(F)c1-c1ccccc1. The lowest BCUT2D eigenvalue weighted by molar-refractivity contribution is -0.129. The maximum Gasteiger partial charge on any atom is 0.237 e. The highest BCUT2D eigenvalue weighted by molar-refractivity contribution is 5.93. The molecule has 1 aliphatic heterocycles. The number of carbonyl (C=O) groups is 2. The molecule has 3 aromatic rings. The third kappa shape index (κ3) is 5.73. The third-order valence-corrected chi connectivity index (χ3v) is 6.93. The van der Waals surface area contributed by atoms with E-state index >= 15 is 4.39 Å². The summed E-state index contributed by atoms with van der Waals surface area (Å²) in [5.41, 5.74) is 2.15. The lowest BCUT2D eigenvalue weighted by Gasteiger charge is -2.25. The van der Waals surface area contributed by atoms with E-state index in [9.17, 15) is 9.59 Å². The normalized spacial score (nSPS) is 16.3. The minimum absolute atomic E-state index is 0.0219. The van der Waals surface area contributed by atoms with Crippen LogP contribution in [0.1, 0.15) is 68.4 Å². The Labute approximate surface area is 212 Å². The van der Waals surface area contributed by atoms with Crippen LogP contribution < -0.4 is 10.6 Å². The molecule has 0 radical (unpaired) electrons. The van der Waals surface area contributed by atoms with Crippen molar-refractivity contribution in [2.45, 2.75) is 71.0 Å². The summed E-state index contributed by atoms with van der Waals surface area (Å²) in [4.78, 5) is 31.0. The van der Waals surface area contributed by atoms with Gasteiger partial charge in [-0.15, -0.1) is 0 Å². The van der Waals surface area contributed by atoms with Crippen molar-refractivity contribution in [2.24, 2.45) is 0 Å². The van der Waals surface area contributed by atoms with Gasteiger partial charge in [-0.3, -0.25) is 9.59 Å². The van der Waals surface area contributed by atoms with Gasteiger partial charge in [-0.1, -0.05) is 56.3 Å². The van der Waals surface area contributed by atoms with Gasteiger partial charge in [0.15, 0.2) is 5.78 Å². The van der Waals surface area contributed by atoms with Crippen LogP contribution in [0.4, 0.5) is 4.39 Å². The third-order valence-electron chi connectivity index (χ3n) is 6.93. The van der Waals surface area contributed by atoms with Crippen molar-refractivity contribution in [3.63, 3.8) is 0 Å². The summed E-state index contributed by atoms with van der Waals surface area (Å²) < 4.78 is 18.0. The highest BCUT2D eigenvalue weighted by atomic mass is 19.1. The summed E-state index contributed by atoms with van der Waals surface area (Å²) >= 11 is 0. The van der Waals surface area contributed by atoms with Crippen LogP contribution in [-0.4, -0.2) is 33.8 Å². The van der Waals surface area contributed by atoms with Crippen molar-refractivity contribution in [3.05, 3.63) is 77.6 Å². The highest BCUT2D eigenvalue weighted by Crippen LogP contribution is 2.36. The number of halogens is 1. The standard InChI is InChI=1S/C29H35FN4O2/c1-19(2)22-13-14-23(26(27(22)30)21-9-5-4-6-10-21)28(33-29(36)24-11-7-15-32-24)25(35)12-8-17-34-18-16-31-20(34)3/h4-6,9-10,13-14,16,18-19,24,28,32H,7-8,11-12,15,17H2,1-3H3,(H,33,36). The molecule has 190 valence electrons. The van der Waals surface area contributed by atoms with Crippen LogP contribution in [0.5, 0.6) is 0 Å². The van der Waals surface area contributed by atoms with E-state index in [1.165, 1.54) is 0 Å². The van der Waals surface area contributed by atoms with Gasteiger partial charge in [0.05, 0.1) is 6.04 Å². The van der Waals surface area contributed by atoms with Crippen molar-refractivity contribution < 1.29 is 14.0 Å². The van der Waals surface area contributed by atoms with Crippen LogP contribution >= 0.6 is 0 Å². The number of imidazole rings is 1. The number of aromatic nitrogens is 2. The predicted octanol–water partition coefficient (Wildman–Crippen LogP) is 5.08. The molecule has 4 rings (SSSR count). The zero-order chi connectivity index (χ0) is 25.7. The van der Waals surface area contributed by atoms with Gasteiger partial charge in [0.25, 0.3) is 0 Å². The Bertz CT molecular complexity index is 1200. The second kappa shape index (κ2) is 11.6. The number of Topliss-reactive ketones (excluding diaryl/α,β-unsaturated/α-hetero) is 1. The zero-order valence-electron chi connectivity index (χ0n) is 21.3. The van der Waals surface area contributed by atoms with E-state index in [0.717, 1.165) is 25.2 Å². The molecule has 1 saturated heterocycles. The van der Waals surface area contributed by atoms with Crippen LogP contribution in [0, 0.1) is 12.7 Å². The summed E-state index contributed by atoms with van der Waals surface area (Å²) in [5, 5.41) is 6.17. The summed E-state index contributed by atoms with van der Waals surface area (Å²) in [6, 6.07) is 11.6. The molecule has 1 aliphatic rings. The summed E-state index contributed by atoms with van der Waals surface area (Å²) in [7, 11) is 0. The fraction of sp³-hybridized carbons (Fsp3) is 0.414. The van der Waals surface area contributed by atoms with Gasteiger partial charge in [0.1, 0.15) is 17.7 Å². The molecular weight excluding hydrogens is 455 g/mol. The molecular formula is C29H35FN4O2. The summed E-state index contributed by atoms with van der Waals surface area (Å²) in [6.45, 7) is 7.23. The molecule has 7 heteroatoms. The Hall–Kier alpha value is -3.32. The van der Waals surface area contributed by atoms with Gasteiger partial charge in [-0.05, 0) is 55.3 Å². The number of benzene rings is 2.